The van der Waals surface area contributed by atoms with Crippen LogP contribution in [0.1, 0.15) is 32.1 Å². The molecule has 0 saturated carbocycles. The normalized spacial score (nSPS) is 29.0. The fourth-order valence-electron chi connectivity index (χ4n) is 2.55. The highest BCUT2D eigenvalue weighted by molar-refractivity contribution is 5.03. The first-order valence-electron chi connectivity index (χ1n) is 7.19. The summed E-state index contributed by atoms with van der Waals surface area (Å²) in [5.41, 5.74) is -0.522. The van der Waals surface area contributed by atoms with Crippen molar-refractivity contribution in [1.82, 2.24) is 9.55 Å². The van der Waals surface area contributed by atoms with Gasteiger partial charge in [-0.25, -0.2) is 4.79 Å². The minimum atomic E-state index is -0.647. The number of hydrogen-bond acceptors (Lipinski definition) is 5. The standard InChI is InChI=1S/C14H22N2O5/c1-4-5-20-11-9(3)10(7-17)21-13(11)16-6-8(2)12(18)15-14(16)19/h6,9-11,13,17H,4-5,7H2,1-3H3,(H,15,18,19)/t9-,10+,11?,13+/m0/s1. The van der Waals surface area contributed by atoms with E-state index in [9.17, 15) is 14.7 Å². The Hall–Kier alpha value is -1.44. The van der Waals surface area contributed by atoms with E-state index in [0.717, 1.165) is 6.42 Å². The highest BCUT2D eigenvalue weighted by Crippen LogP contribution is 2.35. The zero-order valence-electron chi connectivity index (χ0n) is 12.5. The van der Waals surface area contributed by atoms with Gasteiger partial charge >= 0.3 is 5.69 Å². The predicted octanol–water partition coefficient (Wildman–Crippen LogP) is 0.166. The number of rotatable bonds is 5. The summed E-state index contributed by atoms with van der Waals surface area (Å²) in [5, 5.41) is 9.39. The Balaban J connectivity index is 2.37. The summed E-state index contributed by atoms with van der Waals surface area (Å²) in [6.45, 7) is 5.95. The topological polar surface area (TPSA) is 93.5 Å². The summed E-state index contributed by atoms with van der Waals surface area (Å²) >= 11 is 0. The van der Waals surface area contributed by atoms with E-state index >= 15 is 0 Å². The van der Waals surface area contributed by atoms with Crippen LogP contribution in [-0.2, 0) is 9.47 Å². The van der Waals surface area contributed by atoms with E-state index in [1.54, 1.807) is 6.92 Å². The quantitative estimate of drug-likeness (QED) is 0.808. The van der Waals surface area contributed by atoms with Crippen LogP contribution < -0.4 is 11.2 Å². The predicted molar refractivity (Wildman–Crippen MR) is 76.3 cm³/mol. The zero-order chi connectivity index (χ0) is 15.6. The Kier molecular flexibility index (Phi) is 4.97. The fourth-order valence-corrected chi connectivity index (χ4v) is 2.55. The van der Waals surface area contributed by atoms with Crippen molar-refractivity contribution in [2.45, 2.75) is 45.6 Å². The lowest BCUT2D eigenvalue weighted by atomic mass is 10.0. The van der Waals surface area contributed by atoms with Crippen LogP contribution in [0.15, 0.2) is 15.8 Å². The highest BCUT2D eigenvalue weighted by atomic mass is 16.6. The van der Waals surface area contributed by atoms with Gasteiger partial charge in [0.15, 0.2) is 6.23 Å². The minimum Gasteiger partial charge on any atom is -0.394 e. The van der Waals surface area contributed by atoms with E-state index in [2.05, 4.69) is 4.98 Å². The lowest BCUT2D eigenvalue weighted by Crippen LogP contribution is -2.38. The maximum Gasteiger partial charge on any atom is 0.330 e. The molecule has 1 aromatic rings. The molecule has 2 rings (SSSR count). The molecule has 0 amide bonds. The second kappa shape index (κ2) is 6.55. The van der Waals surface area contributed by atoms with Crippen LogP contribution in [0.25, 0.3) is 0 Å². The smallest absolute Gasteiger partial charge is 0.330 e. The molecule has 1 saturated heterocycles. The Morgan fingerprint density at radius 1 is 1.48 bits per heavy atom. The number of H-pyrrole nitrogens is 1. The maximum absolute atomic E-state index is 12.0. The molecule has 1 aliphatic rings. The van der Waals surface area contributed by atoms with Crippen molar-refractivity contribution in [3.05, 3.63) is 32.6 Å². The molecule has 4 atom stereocenters. The maximum atomic E-state index is 12.0. The summed E-state index contributed by atoms with van der Waals surface area (Å²) in [6, 6.07) is 0. The summed E-state index contributed by atoms with van der Waals surface area (Å²) in [5.74, 6) is -0.0503. The molecular formula is C14H22N2O5. The van der Waals surface area contributed by atoms with Gasteiger partial charge in [-0.05, 0) is 13.3 Å². The molecule has 2 heterocycles. The molecule has 0 spiro atoms. The van der Waals surface area contributed by atoms with Crippen molar-refractivity contribution in [3.63, 3.8) is 0 Å². The summed E-state index contributed by atoms with van der Waals surface area (Å²) < 4.78 is 12.9. The molecule has 0 aliphatic carbocycles. The minimum absolute atomic E-state index is 0.0503. The van der Waals surface area contributed by atoms with Crippen LogP contribution in [0.3, 0.4) is 0 Å². The van der Waals surface area contributed by atoms with E-state index in [-0.39, 0.29) is 18.6 Å². The number of aliphatic hydroxyl groups is 1. The molecule has 7 heteroatoms. The largest absolute Gasteiger partial charge is 0.394 e. The lowest BCUT2D eigenvalue weighted by molar-refractivity contribution is -0.0730. The number of aromatic nitrogens is 2. The first kappa shape index (κ1) is 15.9. The number of ether oxygens (including phenoxy) is 2. The first-order valence-corrected chi connectivity index (χ1v) is 7.19. The van der Waals surface area contributed by atoms with Crippen LogP contribution in [0.2, 0.25) is 0 Å². The Morgan fingerprint density at radius 3 is 2.81 bits per heavy atom. The fraction of sp³-hybridized carbons (Fsp3) is 0.714. The molecule has 1 aliphatic heterocycles. The van der Waals surface area contributed by atoms with Crippen molar-refractivity contribution < 1.29 is 14.6 Å². The lowest BCUT2D eigenvalue weighted by Gasteiger charge is -2.23. The van der Waals surface area contributed by atoms with Crippen LogP contribution >= 0.6 is 0 Å². The molecule has 21 heavy (non-hydrogen) atoms. The third-order valence-corrected chi connectivity index (χ3v) is 3.81. The second-order valence-electron chi connectivity index (χ2n) is 5.42. The SMILES string of the molecule is CCCOC1[C@@H](C)[C@@H](CO)O[C@H]1n1cc(C)c(=O)[nH]c1=O. The zero-order valence-corrected chi connectivity index (χ0v) is 12.5. The summed E-state index contributed by atoms with van der Waals surface area (Å²) in [4.78, 5) is 25.7. The van der Waals surface area contributed by atoms with E-state index < -0.39 is 23.6 Å². The molecule has 1 fully saturated rings. The number of aryl methyl sites for hydroxylation is 1. The molecule has 7 nitrogen and oxygen atoms in total. The van der Waals surface area contributed by atoms with Crippen molar-refractivity contribution in [2.24, 2.45) is 5.92 Å². The Labute approximate surface area is 122 Å². The summed E-state index contributed by atoms with van der Waals surface area (Å²) in [7, 11) is 0. The third-order valence-electron chi connectivity index (χ3n) is 3.81. The van der Waals surface area contributed by atoms with Crippen molar-refractivity contribution in [2.75, 3.05) is 13.2 Å². The molecule has 2 N–H and O–H groups in total. The number of hydrogen-bond donors (Lipinski definition) is 2. The van der Waals surface area contributed by atoms with Gasteiger partial charge in [0.2, 0.25) is 0 Å². The van der Waals surface area contributed by atoms with Gasteiger partial charge in [-0.15, -0.1) is 0 Å². The van der Waals surface area contributed by atoms with Crippen molar-refractivity contribution >= 4 is 0 Å². The number of aromatic amines is 1. The third kappa shape index (κ3) is 3.09. The van der Waals surface area contributed by atoms with Gasteiger partial charge in [0.1, 0.15) is 6.10 Å². The van der Waals surface area contributed by atoms with Crippen LogP contribution in [0.4, 0.5) is 0 Å². The van der Waals surface area contributed by atoms with Gasteiger partial charge in [0.05, 0.1) is 12.7 Å². The van der Waals surface area contributed by atoms with E-state index in [1.807, 2.05) is 13.8 Å². The van der Waals surface area contributed by atoms with Gasteiger partial charge in [0, 0.05) is 24.3 Å². The highest BCUT2D eigenvalue weighted by Gasteiger charge is 2.43. The van der Waals surface area contributed by atoms with E-state index in [1.165, 1.54) is 10.8 Å². The van der Waals surface area contributed by atoms with E-state index in [4.69, 9.17) is 9.47 Å². The molecule has 118 valence electrons. The van der Waals surface area contributed by atoms with Crippen LogP contribution in [-0.4, -0.2) is 40.1 Å². The van der Waals surface area contributed by atoms with Crippen molar-refractivity contribution in [3.8, 4) is 0 Å². The van der Waals surface area contributed by atoms with Crippen LogP contribution in [0.5, 0.6) is 0 Å². The number of aliphatic hydroxyl groups excluding tert-OH is 1. The average Bonchev–Trinajstić information content (AvgIpc) is 2.77. The molecule has 0 aromatic carbocycles. The average molecular weight is 298 g/mol. The molecule has 1 aromatic heterocycles. The number of nitrogens with zero attached hydrogens (tertiary/aromatic N) is 1. The molecule has 0 radical (unpaired) electrons. The van der Waals surface area contributed by atoms with Gasteiger partial charge in [-0.1, -0.05) is 13.8 Å². The molecular weight excluding hydrogens is 276 g/mol. The number of nitrogens with one attached hydrogen (secondary N) is 1. The first-order chi connectivity index (χ1) is 9.99. The Morgan fingerprint density at radius 2 is 2.19 bits per heavy atom. The van der Waals surface area contributed by atoms with Gasteiger partial charge in [-0.3, -0.25) is 14.3 Å². The van der Waals surface area contributed by atoms with Gasteiger partial charge in [0.25, 0.3) is 5.56 Å². The second-order valence-corrected chi connectivity index (χ2v) is 5.42. The van der Waals surface area contributed by atoms with E-state index in [0.29, 0.717) is 12.2 Å². The monoisotopic (exact) mass is 298 g/mol. The van der Waals surface area contributed by atoms with Crippen LogP contribution in [0, 0.1) is 12.8 Å². The van der Waals surface area contributed by atoms with Gasteiger partial charge < -0.3 is 14.6 Å². The molecule has 0 bridgehead atoms. The van der Waals surface area contributed by atoms with Gasteiger partial charge in [-0.2, -0.15) is 0 Å². The molecule has 1 unspecified atom stereocenters. The van der Waals surface area contributed by atoms with Crippen molar-refractivity contribution in [1.29, 1.82) is 0 Å². The Bertz CT molecular complexity index is 594. The summed E-state index contributed by atoms with van der Waals surface area (Å²) in [6.07, 6.45) is 0.938.